The number of nitrogens with zero attached hydrogens (tertiary/aromatic N) is 2. The van der Waals surface area contributed by atoms with E-state index in [1.165, 1.54) is 6.07 Å². The molecular weight excluding hydrogens is 228 g/mol. The van der Waals surface area contributed by atoms with Crippen LogP contribution >= 0.6 is 11.8 Å². The lowest BCUT2D eigenvalue weighted by atomic mass is 10.1. The van der Waals surface area contributed by atoms with E-state index in [9.17, 15) is 14.9 Å². The minimum absolute atomic E-state index is 0.134. The van der Waals surface area contributed by atoms with E-state index in [1.54, 1.807) is 23.9 Å². The van der Waals surface area contributed by atoms with Crippen LogP contribution in [0.15, 0.2) is 18.2 Å². The maximum atomic E-state index is 10.8. The van der Waals surface area contributed by atoms with Gasteiger partial charge in [-0.25, -0.2) is 0 Å². The first-order valence-corrected chi connectivity index (χ1v) is 5.94. The molecule has 0 amide bonds. The fourth-order valence-electron chi connectivity index (χ4n) is 1.62. The van der Waals surface area contributed by atoms with E-state index in [2.05, 4.69) is 4.90 Å². The zero-order chi connectivity index (χ0) is 11.5. The molecule has 84 valence electrons. The van der Waals surface area contributed by atoms with Crippen LogP contribution in [0.3, 0.4) is 0 Å². The van der Waals surface area contributed by atoms with E-state index in [-0.39, 0.29) is 11.3 Å². The van der Waals surface area contributed by atoms with Crippen molar-refractivity contribution in [1.82, 2.24) is 0 Å². The third kappa shape index (κ3) is 2.01. The molecule has 1 fully saturated rings. The predicted octanol–water partition coefficient (Wildman–Crippen LogP) is 1.92. The average Bonchev–Trinajstić information content (AvgIpc) is 2.81. The summed E-state index contributed by atoms with van der Waals surface area (Å²) < 4.78 is 0. The number of anilines is 1. The molecule has 0 aromatic heterocycles. The zero-order valence-corrected chi connectivity index (χ0v) is 9.27. The van der Waals surface area contributed by atoms with E-state index in [4.69, 9.17) is 0 Å². The Kier molecular flexibility index (Phi) is 3.09. The Bertz CT molecular complexity index is 430. The van der Waals surface area contributed by atoms with Crippen molar-refractivity contribution < 1.29 is 9.72 Å². The quantitative estimate of drug-likeness (QED) is 0.457. The Balaban J connectivity index is 2.35. The zero-order valence-electron chi connectivity index (χ0n) is 8.46. The van der Waals surface area contributed by atoms with Crippen LogP contribution in [0.1, 0.15) is 10.4 Å². The van der Waals surface area contributed by atoms with Crippen LogP contribution in [0, 0.1) is 10.1 Å². The molecule has 1 aromatic rings. The molecule has 2 rings (SSSR count). The first-order chi connectivity index (χ1) is 7.72. The van der Waals surface area contributed by atoms with Crippen molar-refractivity contribution in [1.29, 1.82) is 0 Å². The fraction of sp³-hybridized carbons (Fsp3) is 0.300. The van der Waals surface area contributed by atoms with Gasteiger partial charge in [-0.3, -0.25) is 14.9 Å². The number of aldehydes is 1. The molecule has 5 nitrogen and oxygen atoms in total. The molecule has 0 radical (unpaired) electrons. The normalized spacial score (nSPS) is 15.1. The van der Waals surface area contributed by atoms with Crippen LogP contribution in [-0.2, 0) is 0 Å². The second-order valence-corrected chi connectivity index (χ2v) is 4.49. The number of carbonyl (C=O) groups is 1. The van der Waals surface area contributed by atoms with E-state index in [0.717, 1.165) is 23.9 Å². The molecule has 0 atom stereocenters. The van der Waals surface area contributed by atoms with Crippen LogP contribution < -0.4 is 4.90 Å². The molecule has 0 saturated carbocycles. The molecule has 0 spiro atoms. The monoisotopic (exact) mass is 238 g/mol. The number of nitro groups is 1. The standard InChI is InChI=1S/C10H10N2O3S/c13-6-8-5-9(11-3-4-16-7-11)1-2-10(8)12(14)15/h1-2,5-6H,3-4,7H2. The lowest BCUT2D eigenvalue weighted by Gasteiger charge is -2.16. The SMILES string of the molecule is O=Cc1cc(N2CCSC2)ccc1[N+](=O)[O-]. The van der Waals surface area contributed by atoms with Crippen LogP contribution in [0.4, 0.5) is 11.4 Å². The van der Waals surface area contributed by atoms with Gasteiger partial charge >= 0.3 is 0 Å². The van der Waals surface area contributed by atoms with Gasteiger partial charge in [0.1, 0.15) is 0 Å². The summed E-state index contributed by atoms with van der Waals surface area (Å²) in [5.74, 6) is 1.92. The van der Waals surface area contributed by atoms with E-state index in [0.29, 0.717) is 6.29 Å². The smallest absolute Gasteiger partial charge is 0.280 e. The Morgan fingerprint density at radius 2 is 2.31 bits per heavy atom. The summed E-state index contributed by atoms with van der Waals surface area (Å²) in [6.45, 7) is 0.917. The molecule has 1 heterocycles. The van der Waals surface area contributed by atoms with Crippen molar-refractivity contribution in [3.8, 4) is 0 Å². The predicted molar refractivity (Wildman–Crippen MR) is 63.2 cm³/mol. The van der Waals surface area contributed by atoms with Crippen LogP contribution in [-0.4, -0.2) is 29.4 Å². The lowest BCUT2D eigenvalue weighted by molar-refractivity contribution is -0.385. The molecule has 0 unspecified atom stereocenters. The summed E-state index contributed by atoms with van der Waals surface area (Å²) in [5.41, 5.74) is 0.878. The van der Waals surface area contributed by atoms with Crippen molar-refractivity contribution in [3.05, 3.63) is 33.9 Å². The van der Waals surface area contributed by atoms with Gasteiger partial charge < -0.3 is 4.90 Å². The summed E-state index contributed by atoms with van der Waals surface area (Å²) in [4.78, 5) is 23.0. The van der Waals surface area contributed by atoms with Gasteiger partial charge in [-0.05, 0) is 12.1 Å². The highest BCUT2D eigenvalue weighted by Gasteiger charge is 2.18. The van der Waals surface area contributed by atoms with Crippen LogP contribution in [0.2, 0.25) is 0 Å². The molecule has 0 bridgehead atoms. The molecular formula is C10H10N2O3S. The van der Waals surface area contributed by atoms with Gasteiger partial charge in [0, 0.05) is 24.1 Å². The Labute approximate surface area is 96.6 Å². The van der Waals surface area contributed by atoms with Gasteiger partial charge in [0.05, 0.1) is 16.4 Å². The van der Waals surface area contributed by atoms with Gasteiger partial charge in [-0.15, -0.1) is 11.8 Å². The second-order valence-electron chi connectivity index (χ2n) is 3.42. The second kappa shape index (κ2) is 4.52. The number of thioether (sulfide) groups is 1. The summed E-state index contributed by atoms with van der Waals surface area (Å²) in [5, 5.41) is 10.6. The van der Waals surface area contributed by atoms with Crippen molar-refractivity contribution in [2.24, 2.45) is 0 Å². The topological polar surface area (TPSA) is 63.5 Å². The molecule has 16 heavy (non-hydrogen) atoms. The average molecular weight is 238 g/mol. The third-order valence-corrected chi connectivity index (χ3v) is 3.42. The van der Waals surface area contributed by atoms with Gasteiger partial charge in [0.15, 0.2) is 6.29 Å². The summed E-state index contributed by atoms with van der Waals surface area (Å²) in [6, 6.07) is 4.66. The summed E-state index contributed by atoms with van der Waals surface area (Å²) in [6.07, 6.45) is 0.533. The van der Waals surface area contributed by atoms with E-state index >= 15 is 0 Å². The molecule has 0 N–H and O–H groups in total. The number of rotatable bonds is 3. The van der Waals surface area contributed by atoms with Gasteiger partial charge in [0.2, 0.25) is 0 Å². The fourth-order valence-corrected chi connectivity index (χ4v) is 2.59. The number of hydrogen-bond acceptors (Lipinski definition) is 5. The lowest BCUT2D eigenvalue weighted by Crippen LogP contribution is -2.18. The maximum absolute atomic E-state index is 10.8. The molecule has 6 heteroatoms. The van der Waals surface area contributed by atoms with Crippen molar-refractivity contribution in [2.45, 2.75) is 0 Å². The van der Waals surface area contributed by atoms with Crippen molar-refractivity contribution in [2.75, 3.05) is 23.1 Å². The summed E-state index contributed by atoms with van der Waals surface area (Å²) in [7, 11) is 0. The van der Waals surface area contributed by atoms with Crippen LogP contribution in [0.25, 0.3) is 0 Å². The number of benzene rings is 1. The third-order valence-electron chi connectivity index (χ3n) is 2.45. The van der Waals surface area contributed by atoms with E-state index < -0.39 is 4.92 Å². The minimum Gasteiger partial charge on any atom is -0.361 e. The Morgan fingerprint density at radius 1 is 1.50 bits per heavy atom. The van der Waals surface area contributed by atoms with Gasteiger partial charge in [-0.2, -0.15) is 0 Å². The number of hydrogen-bond donors (Lipinski definition) is 0. The van der Waals surface area contributed by atoms with E-state index in [1.807, 2.05) is 0 Å². The highest BCUT2D eigenvalue weighted by Crippen LogP contribution is 2.27. The first kappa shape index (κ1) is 10.9. The van der Waals surface area contributed by atoms with Gasteiger partial charge in [0.25, 0.3) is 5.69 Å². The molecule has 1 saturated heterocycles. The molecule has 0 aliphatic carbocycles. The number of nitro benzene ring substituents is 1. The number of carbonyl (C=O) groups excluding carboxylic acids is 1. The molecule has 1 aliphatic rings. The largest absolute Gasteiger partial charge is 0.361 e. The summed E-state index contributed by atoms with van der Waals surface area (Å²) >= 11 is 1.80. The Hall–Kier alpha value is -1.56. The first-order valence-electron chi connectivity index (χ1n) is 4.78. The van der Waals surface area contributed by atoms with Crippen molar-refractivity contribution >= 4 is 29.4 Å². The highest BCUT2D eigenvalue weighted by molar-refractivity contribution is 7.99. The van der Waals surface area contributed by atoms with Crippen LogP contribution in [0.5, 0.6) is 0 Å². The van der Waals surface area contributed by atoms with Gasteiger partial charge in [-0.1, -0.05) is 0 Å². The molecule has 1 aliphatic heterocycles. The highest BCUT2D eigenvalue weighted by atomic mass is 32.2. The molecule has 1 aromatic carbocycles. The minimum atomic E-state index is -0.535. The maximum Gasteiger partial charge on any atom is 0.280 e. The van der Waals surface area contributed by atoms with Crippen molar-refractivity contribution in [3.63, 3.8) is 0 Å². The Morgan fingerprint density at radius 3 is 2.88 bits per heavy atom.